The number of ether oxygens (including phenoxy) is 3. The third-order valence-corrected chi connectivity index (χ3v) is 5.63. The number of amides is 5. The second-order valence-corrected chi connectivity index (χ2v) is 8.24. The van der Waals surface area contributed by atoms with Crippen molar-refractivity contribution in [2.45, 2.75) is 6.92 Å². The van der Waals surface area contributed by atoms with Crippen molar-refractivity contribution in [3.63, 3.8) is 0 Å². The molecule has 10 nitrogen and oxygen atoms in total. The monoisotopic (exact) mass is 499 g/mol. The summed E-state index contributed by atoms with van der Waals surface area (Å²) in [5, 5.41) is 4.92. The quantitative estimate of drug-likeness (QED) is 0.394. The summed E-state index contributed by atoms with van der Waals surface area (Å²) in [5.41, 5.74) is 2.01. The van der Waals surface area contributed by atoms with Crippen molar-refractivity contribution in [3.8, 4) is 17.2 Å². The average molecular weight is 499 g/mol. The van der Waals surface area contributed by atoms with Crippen molar-refractivity contribution in [2.75, 3.05) is 23.6 Å². The Morgan fingerprint density at radius 2 is 1.78 bits per heavy atom. The summed E-state index contributed by atoms with van der Waals surface area (Å²) in [6.07, 6.45) is 1.32. The molecule has 186 valence electrons. The first-order valence-electron chi connectivity index (χ1n) is 11.3. The van der Waals surface area contributed by atoms with E-state index in [9.17, 15) is 19.2 Å². The lowest BCUT2D eigenvalue weighted by atomic mass is 10.1. The van der Waals surface area contributed by atoms with Crippen LogP contribution in [0.4, 0.5) is 16.2 Å². The van der Waals surface area contributed by atoms with Crippen LogP contribution in [0.3, 0.4) is 0 Å². The normalized spacial score (nSPS) is 15.5. The maximum Gasteiger partial charge on any atom is 0.335 e. The average Bonchev–Trinajstić information content (AvgIpc) is 3.35. The molecule has 0 bridgehead atoms. The van der Waals surface area contributed by atoms with E-state index in [1.807, 2.05) is 19.1 Å². The molecule has 2 aliphatic heterocycles. The number of para-hydroxylation sites is 1. The fourth-order valence-corrected chi connectivity index (χ4v) is 3.78. The van der Waals surface area contributed by atoms with E-state index in [1.54, 1.807) is 42.5 Å². The topological polar surface area (TPSA) is 123 Å². The van der Waals surface area contributed by atoms with E-state index >= 15 is 0 Å². The zero-order chi connectivity index (χ0) is 25.9. The number of carbonyl (C=O) groups excluding carboxylic acids is 4. The Balaban J connectivity index is 1.35. The van der Waals surface area contributed by atoms with Gasteiger partial charge < -0.3 is 19.5 Å². The number of hydrogen-bond acceptors (Lipinski definition) is 7. The lowest BCUT2D eigenvalue weighted by molar-refractivity contribution is -0.122. The van der Waals surface area contributed by atoms with Crippen LogP contribution in [0.1, 0.15) is 11.1 Å². The van der Waals surface area contributed by atoms with Crippen molar-refractivity contribution in [1.82, 2.24) is 5.32 Å². The van der Waals surface area contributed by atoms with Crippen LogP contribution in [0.15, 0.2) is 72.3 Å². The Bertz CT molecular complexity index is 1450. The minimum absolute atomic E-state index is 0.0302. The Hall–Kier alpha value is -5.12. The van der Waals surface area contributed by atoms with Gasteiger partial charge in [-0.15, -0.1) is 0 Å². The molecule has 2 N–H and O–H groups in total. The number of urea groups is 1. The van der Waals surface area contributed by atoms with Gasteiger partial charge in [-0.1, -0.05) is 35.9 Å². The van der Waals surface area contributed by atoms with E-state index in [0.717, 1.165) is 10.5 Å². The Labute approximate surface area is 211 Å². The smallest absolute Gasteiger partial charge is 0.335 e. The minimum atomic E-state index is -0.886. The fourth-order valence-electron chi connectivity index (χ4n) is 3.78. The number of carbonyl (C=O) groups is 4. The van der Waals surface area contributed by atoms with Crippen LogP contribution in [0.2, 0.25) is 0 Å². The lowest BCUT2D eigenvalue weighted by Crippen LogP contribution is -2.54. The molecule has 1 fully saturated rings. The lowest BCUT2D eigenvalue weighted by Gasteiger charge is -2.26. The maximum atomic E-state index is 13.3. The molecule has 0 saturated carbocycles. The van der Waals surface area contributed by atoms with Crippen molar-refractivity contribution in [3.05, 3.63) is 83.4 Å². The summed E-state index contributed by atoms with van der Waals surface area (Å²) < 4.78 is 16.3. The van der Waals surface area contributed by atoms with Crippen LogP contribution >= 0.6 is 0 Å². The molecule has 3 aromatic carbocycles. The number of nitrogens with one attached hydrogen (secondary N) is 2. The highest BCUT2D eigenvalue weighted by atomic mass is 16.7. The number of nitrogens with zero attached hydrogens (tertiary/aromatic N) is 1. The Kier molecular flexibility index (Phi) is 6.29. The van der Waals surface area contributed by atoms with E-state index < -0.39 is 17.8 Å². The molecule has 0 unspecified atom stereocenters. The number of aryl methyl sites for hydroxylation is 1. The van der Waals surface area contributed by atoms with Gasteiger partial charge in [0.05, 0.1) is 5.69 Å². The second-order valence-electron chi connectivity index (χ2n) is 8.24. The third kappa shape index (κ3) is 4.98. The van der Waals surface area contributed by atoms with Crippen LogP contribution in [0.5, 0.6) is 17.2 Å². The number of hydrogen-bond donors (Lipinski definition) is 2. The number of benzene rings is 3. The van der Waals surface area contributed by atoms with Gasteiger partial charge in [-0.2, -0.15) is 0 Å². The summed E-state index contributed by atoms with van der Waals surface area (Å²) in [7, 11) is 0. The van der Waals surface area contributed by atoms with Gasteiger partial charge in [0.25, 0.3) is 17.7 Å². The van der Waals surface area contributed by atoms with Crippen molar-refractivity contribution >= 4 is 41.2 Å². The molecule has 10 heteroatoms. The van der Waals surface area contributed by atoms with Gasteiger partial charge >= 0.3 is 6.03 Å². The van der Waals surface area contributed by atoms with Crippen LogP contribution in [-0.4, -0.2) is 37.2 Å². The predicted octanol–water partition coefficient (Wildman–Crippen LogP) is 3.41. The molecular weight excluding hydrogens is 478 g/mol. The zero-order valence-electron chi connectivity index (χ0n) is 19.6. The van der Waals surface area contributed by atoms with Crippen LogP contribution in [0, 0.1) is 6.92 Å². The summed E-state index contributed by atoms with van der Waals surface area (Å²) >= 11 is 0. The van der Waals surface area contributed by atoms with Crippen LogP contribution < -0.4 is 29.7 Å². The van der Waals surface area contributed by atoms with Crippen molar-refractivity contribution in [1.29, 1.82) is 0 Å². The Morgan fingerprint density at radius 1 is 1.03 bits per heavy atom. The summed E-state index contributed by atoms with van der Waals surface area (Å²) in [5.74, 6) is -0.904. The van der Waals surface area contributed by atoms with E-state index in [2.05, 4.69) is 10.6 Å². The fraction of sp³-hybridized carbons (Fsp3) is 0.111. The number of imide groups is 2. The first-order chi connectivity index (χ1) is 17.9. The van der Waals surface area contributed by atoms with Crippen molar-refractivity contribution < 1.29 is 33.4 Å². The summed E-state index contributed by atoms with van der Waals surface area (Å²) in [6, 6.07) is 17.6. The van der Waals surface area contributed by atoms with Gasteiger partial charge in [0, 0.05) is 17.3 Å². The number of anilines is 2. The van der Waals surface area contributed by atoms with Gasteiger partial charge in [-0.25, -0.2) is 9.69 Å². The molecule has 37 heavy (non-hydrogen) atoms. The van der Waals surface area contributed by atoms with E-state index in [4.69, 9.17) is 14.2 Å². The minimum Gasteiger partial charge on any atom is -0.483 e. The molecule has 5 rings (SSSR count). The largest absolute Gasteiger partial charge is 0.483 e. The van der Waals surface area contributed by atoms with Gasteiger partial charge in [-0.05, 0) is 43.3 Å². The zero-order valence-corrected chi connectivity index (χ0v) is 19.6. The molecule has 2 aliphatic rings. The second kappa shape index (κ2) is 9.86. The summed E-state index contributed by atoms with van der Waals surface area (Å²) in [4.78, 5) is 51.6. The van der Waals surface area contributed by atoms with Crippen LogP contribution in [-0.2, 0) is 14.4 Å². The first-order valence-corrected chi connectivity index (χ1v) is 11.3. The van der Waals surface area contributed by atoms with E-state index in [1.165, 1.54) is 18.2 Å². The third-order valence-electron chi connectivity index (χ3n) is 5.63. The van der Waals surface area contributed by atoms with E-state index in [-0.39, 0.29) is 36.3 Å². The van der Waals surface area contributed by atoms with Gasteiger partial charge in [0.2, 0.25) is 6.79 Å². The molecule has 1 saturated heterocycles. The number of rotatable bonds is 6. The molecule has 0 radical (unpaired) electrons. The molecule has 5 amide bonds. The number of barbiturate groups is 1. The van der Waals surface area contributed by atoms with E-state index in [0.29, 0.717) is 22.7 Å². The highest BCUT2D eigenvalue weighted by molar-refractivity contribution is 6.39. The van der Waals surface area contributed by atoms with Gasteiger partial charge in [0.15, 0.2) is 18.1 Å². The molecule has 0 aromatic heterocycles. The van der Waals surface area contributed by atoms with Crippen LogP contribution in [0.25, 0.3) is 6.08 Å². The highest BCUT2D eigenvalue weighted by Crippen LogP contribution is 2.36. The summed E-state index contributed by atoms with van der Waals surface area (Å²) in [6.45, 7) is 1.68. The van der Waals surface area contributed by atoms with Gasteiger partial charge in [-0.3, -0.25) is 19.7 Å². The molecule has 3 aromatic rings. The maximum absolute atomic E-state index is 13.3. The molecule has 0 atom stereocenters. The SMILES string of the molecule is Cc1ccc(NC(=O)COc2ccccc2/C=C2\C(=O)NC(=O)N(c3ccc4c(c3)OCO4)C2=O)cc1. The molecule has 0 spiro atoms. The first kappa shape index (κ1) is 23.6. The standard InChI is InChI=1S/C27H21N3O7/c1-16-6-8-18(9-7-16)28-24(31)14-35-21-5-3-2-4-17(21)12-20-25(32)29-27(34)30(26(20)33)19-10-11-22-23(13-19)37-15-36-22/h2-13H,14-15H2,1H3,(H,28,31)(H,29,32,34)/b20-12+. The number of fused-ring (bicyclic) bond motifs is 1. The molecule has 0 aliphatic carbocycles. The molecule has 2 heterocycles. The Morgan fingerprint density at radius 3 is 2.59 bits per heavy atom. The highest BCUT2D eigenvalue weighted by Gasteiger charge is 2.37. The van der Waals surface area contributed by atoms with Gasteiger partial charge in [0.1, 0.15) is 11.3 Å². The van der Waals surface area contributed by atoms with Crippen molar-refractivity contribution in [2.24, 2.45) is 0 Å². The molecular formula is C27H21N3O7. The predicted molar refractivity (Wildman–Crippen MR) is 133 cm³/mol.